The van der Waals surface area contributed by atoms with E-state index in [0.717, 1.165) is 6.54 Å². The van der Waals surface area contributed by atoms with Crippen molar-refractivity contribution in [1.82, 2.24) is 4.90 Å². The van der Waals surface area contributed by atoms with E-state index in [1.807, 2.05) is 0 Å². The standard InChI is InChI=1S/C18H32N2/c1-6-8-12-20(15(4)7-2)18(13-19)17-11-9-10-14(3)16(17)5/h9-11,15,18H,6-8,12-13,19H2,1-5H3. The maximum Gasteiger partial charge on any atom is 0.0475 e. The van der Waals surface area contributed by atoms with E-state index < -0.39 is 0 Å². The van der Waals surface area contributed by atoms with Gasteiger partial charge in [-0.2, -0.15) is 0 Å². The van der Waals surface area contributed by atoms with Gasteiger partial charge in [0.1, 0.15) is 0 Å². The summed E-state index contributed by atoms with van der Waals surface area (Å²) in [5.41, 5.74) is 10.3. The highest BCUT2D eigenvalue weighted by atomic mass is 15.2. The van der Waals surface area contributed by atoms with Gasteiger partial charge in [-0.3, -0.25) is 4.90 Å². The van der Waals surface area contributed by atoms with Crippen LogP contribution in [0.5, 0.6) is 0 Å². The largest absolute Gasteiger partial charge is 0.329 e. The third kappa shape index (κ3) is 4.07. The highest BCUT2D eigenvalue weighted by molar-refractivity contribution is 5.35. The Morgan fingerprint density at radius 2 is 1.90 bits per heavy atom. The van der Waals surface area contributed by atoms with Gasteiger partial charge in [-0.1, -0.05) is 38.5 Å². The Morgan fingerprint density at radius 1 is 1.20 bits per heavy atom. The van der Waals surface area contributed by atoms with Gasteiger partial charge in [0.15, 0.2) is 0 Å². The van der Waals surface area contributed by atoms with Crippen molar-refractivity contribution in [1.29, 1.82) is 0 Å². The SMILES string of the molecule is CCCCN(C(C)CC)C(CN)c1cccc(C)c1C. The number of hydrogen-bond acceptors (Lipinski definition) is 2. The van der Waals surface area contributed by atoms with E-state index in [-0.39, 0.29) is 0 Å². The zero-order chi connectivity index (χ0) is 15.1. The molecule has 2 heteroatoms. The molecule has 1 aromatic rings. The van der Waals surface area contributed by atoms with Crippen LogP contribution < -0.4 is 5.73 Å². The van der Waals surface area contributed by atoms with Crippen LogP contribution in [0.1, 0.15) is 62.8 Å². The lowest BCUT2D eigenvalue weighted by Crippen LogP contribution is -2.40. The molecule has 2 N–H and O–H groups in total. The summed E-state index contributed by atoms with van der Waals surface area (Å²) in [7, 11) is 0. The van der Waals surface area contributed by atoms with E-state index in [4.69, 9.17) is 5.73 Å². The molecule has 1 rings (SSSR count). The average molecular weight is 276 g/mol. The number of rotatable bonds is 8. The van der Waals surface area contributed by atoms with E-state index in [2.05, 4.69) is 57.7 Å². The van der Waals surface area contributed by atoms with Gasteiger partial charge in [0.25, 0.3) is 0 Å². The fourth-order valence-electron chi connectivity index (χ4n) is 2.83. The Kier molecular flexibility index (Phi) is 7.25. The molecular formula is C18H32N2. The van der Waals surface area contributed by atoms with Gasteiger partial charge >= 0.3 is 0 Å². The van der Waals surface area contributed by atoms with Gasteiger partial charge in [-0.15, -0.1) is 0 Å². The second kappa shape index (κ2) is 8.43. The van der Waals surface area contributed by atoms with Crippen LogP contribution >= 0.6 is 0 Å². The molecule has 2 nitrogen and oxygen atoms in total. The summed E-state index contributed by atoms with van der Waals surface area (Å²) in [6, 6.07) is 7.52. The molecule has 0 aliphatic rings. The first-order chi connectivity index (χ1) is 9.56. The molecule has 0 aromatic heterocycles. The second-order valence-corrected chi connectivity index (χ2v) is 5.89. The monoisotopic (exact) mass is 276 g/mol. The van der Waals surface area contributed by atoms with Crippen molar-refractivity contribution in [3.8, 4) is 0 Å². The van der Waals surface area contributed by atoms with Gasteiger partial charge in [-0.05, 0) is 56.8 Å². The lowest BCUT2D eigenvalue weighted by molar-refractivity contribution is 0.140. The fraction of sp³-hybridized carbons (Fsp3) is 0.667. The second-order valence-electron chi connectivity index (χ2n) is 5.89. The van der Waals surface area contributed by atoms with Crippen LogP contribution in [0.4, 0.5) is 0 Å². The summed E-state index contributed by atoms with van der Waals surface area (Å²) in [6.07, 6.45) is 3.65. The number of hydrogen-bond donors (Lipinski definition) is 1. The Bertz CT molecular complexity index is 400. The molecule has 0 spiro atoms. The molecule has 0 heterocycles. The van der Waals surface area contributed by atoms with Crippen molar-refractivity contribution in [2.75, 3.05) is 13.1 Å². The van der Waals surface area contributed by atoms with Crippen molar-refractivity contribution in [3.05, 3.63) is 34.9 Å². The maximum absolute atomic E-state index is 6.15. The molecule has 0 aliphatic heterocycles. The van der Waals surface area contributed by atoms with Crippen LogP contribution in [0.3, 0.4) is 0 Å². The van der Waals surface area contributed by atoms with Gasteiger partial charge in [0, 0.05) is 18.6 Å². The van der Waals surface area contributed by atoms with Gasteiger partial charge in [0.05, 0.1) is 0 Å². The first-order valence-electron chi connectivity index (χ1n) is 8.08. The van der Waals surface area contributed by atoms with E-state index in [9.17, 15) is 0 Å². The molecule has 2 unspecified atom stereocenters. The molecule has 0 aliphatic carbocycles. The number of benzene rings is 1. The lowest BCUT2D eigenvalue weighted by atomic mass is 9.95. The quantitative estimate of drug-likeness (QED) is 0.771. The summed E-state index contributed by atoms with van der Waals surface area (Å²) < 4.78 is 0. The van der Waals surface area contributed by atoms with Crippen molar-refractivity contribution >= 4 is 0 Å². The molecule has 0 saturated heterocycles. The third-order valence-corrected chi connectivity index (χ3v) is 4.56. The van der Waals surface area contributed by atoms with Crippen LogP contribution in [0.25, 0.3) is 0 Å². The summed E-state index contributed by atoms with van der Waals surface area (Å²) >= 11 is 0. The van der Waals surface area contributed by atoms with E-state index >= 15 is 0 Å². The van der Waals surface area contributed by atoms with Crippen LogP contribution in [-0.4, -0.2) is 24.0 Å². The first-order valence-corrected chi connectivity index (χ1v) is 8.08. The highest BCUT2D eigenvalue weighted by Gasteiger charge is 2.24. The highest BCUT2D eigenvalue weighted by Crippen LogP contribution is 2.27. The van der Waals surface area contributed by atoms with Crippen molar-refractivity contribution in [3.63, 3.8) is 0 Å². The maximum atomic E-state index is 6.15. The molecule has 0 fully saturated rings. The molecule has 0 saturated carbocycles. The normalized spacial score (nSPS) is 14.6. The van der Waals surface area contributed by atoms with Crippen LogP contribution in [0.15, 0.2) is 18.2 Å². The van der Waals surface area contributed by atoms with Crippen LogP contribution in [0.2, 0.25) is 0 Å². The number of unbranched alkanes of at least 4 members (excludes halogenated alkanes) is 1. The molecule has 114 valence electrons. The van der Waals surface area contributed by atoms with Gasteiger partial charge in [0.2, 0.25) is 0 Å². The minimum absolute atomic E-state index is 0.344. The van der Waals surface area contributed by atoms with Crippen LogP contribution in [-0.2, 0) is 0 Å². The predicted molar refractivity (Wildman–Crippen MR) is 89.1 cm³/mol. The fourth-order valence-corrected chi connectivity index (χ4v) is 2.83. The first kappa shape index (κ1) is 17.2. The molecule has 2 atom stereocenters. The summed E-state index contributed by atoms with van der Waals surface area (Å²) in [5, 5.41) is 0. The zero-order valence-corrected chi connectivity index (χ0v) is 13.9. The Hall–Kier alpha value is -0.860. The summed E-state index contributed by atoms with van der Waals surface area (Å²) in [6.45, 7) is 13.1. The van der Waals surface area contributed by atoms with Gasteiger partial charge < -0.3 is 5.73 Å². The molecule has 0 bridgehead atoms. The van der Waals surface area contributed by atoms with E-state index in [1.54, 1.807) is 0 Å². The van der Waals surface area contributed by atoms with Crippen LogP contribution in [0, 0.1) is 13.8 Å². The molecule has 0 radical (unpaired) electrons. The van der Waals surface area contributed by atoms with E-state index in [1.165, 1.54) is 36.0 Å². The average Bonchev–Trinajstić information content (AvgIpc) is 2.46. The zero-order valence-electron chi connectivity index (χ0n) is 13.9. The topological polar surface area (TPSA) is 29.3 Å². The Morgan fingerprint density at radius 3 is 2.45 bits per heavy atom. The lowest BCUT2D eigenvalue weighted by Gasteiger charge is -2.37. The van der Waals surface area contributed by atoms with Crippen molar-refractivity contribution in [2.24, 2.45) is 5.73 Å². The summed E-state index contributed by atoms with van der Waals surface area (Å²) in [4.78, 5) is 2.60. The van der Waals surface area contributed by atoms with E-state index in [0.29, 0.717) is 18.6 Å². The number of nitrogens with zero attached hydrogens (tertiary/aromatic N) is 1. The minimum Gasteiger partial charge on any atom is -0.329 e. The molecule has 20 heavy (non-hydrogen) atoms. The smallest absolute Gasteiger partial charge is 0.0475 e. The summed E-state index contributed by atoms with van der Waals surface area (Å²) in [5.74, 6) is 0. The van der Waals surface area contributed by atoms with Crippen molar-refractivity contribution < 1.29 is 0 Å². The number of nitrogens with two attached hydrogens (primary N) is 1. The Balaban J connectivity index is 3.08. The minimum atomic E-state index is 0.344. The molecule has 0 amide bonds. The molecule has 1 aromatic carbocycles. The third-order valence-electron chi connectivity index (χ3n) is 4.56. The number of aryl methyl sites for hydroxylation is 1. The Labute approximate surface area is 125 Å². The van der Waals surface area contributed by atoms with Gasteiger partial charge in [-0.25, -0.2) is 0 Å². The predicted octanol–water partition coefficient (Wildman–Crippen LogP) is 4.20. The van der Waals surface area contributed by atoms with Crippen molar-refractivity contribution in [2.45, 2.75) is 66.0 Å². The molecular weight excluding hydrogens is 244 g/mol.